The quantitative estimate of drug-likeness (QED) is 0.799. The number of benzene rings is 2. The summed E-state index contributed by atoms with van der Waals surface area (Å²) in [6, 6.07) is 6.80. The normalized spacial score (nSPS) is 10.4. The molecule has 0 saturated carbocycles. The van der Waals surface area contributed by atoms with Crippen molar-refractivity contribution >= 4 is 28.7 Å². The Morgan fingerprint density at radius 2 is 1.83 bits per heavy atom. The van der Waals surface area contributed by atoms with Crippen molar-refractivity contribution in [3.8, 4) is 0 Å². The Labute approximate surface area is 108 Å². The van der Waals surface area contributed by atoms with Crippen molar-refractivity contribution in [2.24, 2.45) is 0 Å². The van der Waals surface area contributed by atoms with Crippen molar-refractivity contribution in [3.05, 3.63) is 52.6 Å². The second-order valence-corrected chi connectivity index (χ2v) is 4.35. The maximum absolute atomic E-state index is 13.3. The summed E-state index contributed by atoms with van der Waals surface area (Å²) in [5, 5.41) is 2.91. The van der Waals surface area contributed by atoms with Crippen molar-refractivity contribution in [2.45, 2.75) is 6.92 Å². The van der Waals surface area contributed by atoms with Crippen molar-refractivity contribution in [1.82, 2.24) is 0 Å². The molecule has 0 aliphatic carbocycles. The van der Waals surface area contributed by atoms with Gasteiger partial charge in [0.1, 0.15) is 11.6 Å². The third kappa shape index (κ3) is 2.54. The van der Waals surface area contributed by atoms with Crippen LogP contribution in [0.4, 0.5) is 25.8 Å². The van der Waals surface area contributed by atoms with E-state index >= 15 is 0 Å². The zero-order valence-corrected chi connectivity index (χ0v) is 10.4. The molecule has 2 aromatic carbocycles. The van der Waals surface area contributed by atoms with E-state index in [1.54, 1.807) is 13.0 Å². The molecule has 2 aromatic rings. The Bertz CT molecular complexity index is 600. The van der Waals surface area contributed by atoms with Crippen molar-refractivity contribution in [2.75, 3.05) is 11.1 Å². The number of nitrogen functional groups attached to an aromatic ring is 1. The molecule has 0 spiro atoms. The van der Waals surface area contributed by atoms with Crippen LogP contribution in [0.5, 0.6) is 0 Å². The zero-order chi connectivity index (χ0) is 13.3. The van der Waals surface area contributed by atoms with Crippen molar-refractivity contribution in [1.29, 1.82) is 0 Å². The number of anilines is 3. The summed E-state index contributed by atoms with van der Waals surface area (Å²) >= 11 is 5.61. The number of nitrogens with two attached hydrogens (primary N) is 1. The van der Waals surface area contributed by atoms with Crippen LogP contribution in [0.1, 0.15) is 5.56 Å². The molecule has 0 bridgehead atoms. The summed E-state index contributed by atoms with van der Waals surface area (Å²) < 4.78 is 26.3. The molecular formula is C13H11ClF2N2. The maximum Gasteiger partial charge on any atom is 0.144 e. The molecule has 3 N–H and O–H groups in total. The van der Waals surface area contributed by atoms with Crippen LogP contribution in [-0.2, 0) is 0 Å². The largest absolute Gasteiger partial charge is 0.397 e. The van der Waals surface area contributed by atoms with Gasteiger partial charge in [-0.3, -0.25) is 0 Å². The third-order valence-corrected chi connectivity index (χ3v) is 2.84. The topological polar surface area (TPSA) is 38.0 Å². The van der Waals surface area contributed by atoms with E-state index in [9.17, 15) is 8.78 Å². The van der Waals surface area contributed by atoms with Crippen LogP contribution in [0.15, 0.2) is 30.3 Å². The minimum absolute atomic E-state index is 0.0334. The van der Waals surface area contributed by atoms with E-state index in [0.29, 0.717) is 22.6 Å². The molecule has 5 heteroatoms. The summed E-state index contributed by atoms with van der Waals surface area (Å²) in [6.07, 6.45) is 0. The van der Waals surface area contributed by atoms with Gasteiger partial charge in [0.25, 0.3) is 0 Å². The molecule has 2 rings (SSSR count). The molecule has 0 aliphatic rings. The van der Waals surface area contributed by atoms with Gasteiger partial charge in [-0.1, -0.05) is 11.6 Å². The molecule has 0 unspecified atom stereocenters. The van der Waals surface area contributed by atoms with Crippen LogP contribution < -0.4 is 11.1 Å². The fourth-order valence-electron chi connectivity index (χ4n) is 1.58. The molecule has 0 aliphatic heterocycles. The Kier molecular flexibility index (Phi) is 3.39. The summed E-state index contributed by atoms with van der Waals surface area (Å²) in [7, 11) is 0. The molecular weight excluding hydrogens is 258 g/mol. The van der Waals surface area contributed by atoms with Gasteiger partial charge in [-0.2, -0.15) is 0 Å². The standard InChI is InChI=1S/C13H11ClF2N2/c1-7-4-8(15)2-3-12(7)18-13-6-10(16)9(14)5-11(13)17/h2-6,18H,17H2,1H3. The molecule has 18 heavy (non-hydrogen) atoms. The van der Waals surface area contributed by atoms with E-state index in [1.807, 2.05) is 0 Å². The van der Waals surface area contributed by atoms with E-state index in [0.717, 1.165) is 0 Å². The summed E-state index contributed by atoms with van der Waals surface area (Å²) in [5.74, 6) is -0.888. The second-order valence-electron chi connectivity index (χ2n) is 3.94. The van der Waals surface area contributed by atoms with Gasteiger partial charge in [0.15, 0.2) is 0 Å². The Morgan fingerprint density at radius 1 is 1.11 bits per heavy atom. The lowest BCUT2D eigenvalue weighted by Gasteiger charge is -2.12. The van der Waals surface area contributed by atoms with Gasteiger partial charge >= 0.3 is 0 Å². The Morgan fingerprint density at radius 3 is 2.50 bits per heavy atom. The molecule has 2 nitrogen and oxygen atoms in total. The van der Waals surface area contributed by atoms with Gasteiger partial charge in [0.05, 0.1) is 16.4 Å². The summed E-state index contributed by atoms with van der Waals surface area (Å²) in [6.45, 7) is 1.74. The Hall–Kier alpha value is -1.81. The highest BCUT2D eigenvalue weighted by Crippen LogP contribution is 2.29. The lowest BCUT2D eigenvalue weighted by Crippen LogP contribution is -1.99. The van der Waals surface area contributed by atoms with E-state index < -0.39 is 5.82 Å². The maximum atomic E-state index is 13.3. The van der Waals surface area contributed by atoms with Crippen LogP contribution in [0.25, 0.3) is 0 Å². The van der Waals surface area contributed by atoms with Crippen molar-refractivity contribution in [3.63, 3.8) is 0 Å². The summed E-state index contributed by atoms with van der Waals surface area (Å²) in [5.41, 5.74) is 7.81. The molecule has 0 saturated heterocycles. The van der Waals surface area contributed by atoms with E-state index in [2.05, 4.69) is 5.32 Å². The first-order valence-corrected chi connectivity index (χ1v) is 5.63. The zero-order valence-electron chi connectivity index (χ0n) is 9.60. The molecule has 0 amide bonds. The highest BCUT2D eigenvalue weighted by atomic mass is 35.5. The molecule has 94 valence electrons. The number of hydrogen-bond donors (Lipinski definition) is 2. The molecule has 0 radical (unpaired) electrons. The number of nitrogens with one attached hydrogen (secondary N) is 1. The fourth-order valence-corrected chi connectivity index (χ4v) is 1.75. The van der Waals surface area contributed by atoms with Crippen LogP contribution in [0.3, 0.4) is 0 Å². The van der Waals surface area contributed by atoms with Crippen LogP contribution in [0.2, 0.25) is 5.02 Å². The highest BCUT2D eigenvalue weighted by molar-refractivity contribution is 6.31. The fraction of sp³-hybridized carbons (Fsp3) is 0.0769. The summed E-state index contributed by atoms with van der Waals surface area (Å²) in [4.78, 5) is 0. The van der Waals surface area contributed by atoms with Crippen LogP contribution >= 0.6 is 11.6 Å². The number of hydrogen-bond acceptors (Lipinski definition) is 2. The lowest BCUT2D eigenvalue weighted by molar-refractivity contribution is 0.626. The van der Waals surface area contributed by atoms with Gasteiger partial charge in [0, 0.05) is 11.8 Å². The number of halogens is 3. The molecule has 0 aromatic heterocycles. The predicted molar refractivity (Wildman–Crippen MR) is 70.2 cm³/mol. The average molecular weight is 269 g/mol. The van der Waals surface area contributed by atoms with Gasteiger partial charge in [-0.15, -0.1) is 0 Å². The minimum atomic E-state index is -0.562. The smallest absolute Gasteiger partial charge is 0.144 e. The number of rotatable bonds is 2. The molecule has 0 atom stereocenters. The number of aryl methyl sites for hydroxylation is 1. The van der Waals surface area contributed by atoms with E-state index in [1.165, 1.54) is 24.3 Å². The lowest BCUT2D eigenvalue weighted by atomic mass is 10.1. The van der Waals surface area contributed by atoms with Gasteiger partial charge < -0.3 is 11.1 Å². The first-order valence-electron chi connectivity index (χ1n) is 5.25. The van der Waals surface area contributed by atoms with E-state index in [-0.39, 0.29) is 10.8 Å². The predicted octanol–water partition coefficient (Wildman–Crippen LogP) is 4.25. The average Bonchev–Trinajstić information content (AvgIpc) is 2.29. The first-order chi connectivity index (χ1) is 8.47. The minimum Gasteiger partial charge on any atom is -0.397 e. The first kappa shape index (κ1) is 12.6. The molecule has 0 heterocycles. The van der Waals surface area contributed by atoms with Crippen LogP contribution in [0, 0.1) is 18.6 Å². The SMILES string of the molecule is Cc1cc(F)ccc1Nc1cc(F)c(Cl)cc1N. The van der Waals surface area contributed by atoms with E-state index in [4.69, 9.17) is 17.3 Å². The third-order valence-electron chi connectivity index (χ3n) is 2.55. The van der Waals surface area contributed by atoms with Gasteiger partial charge in [-0.05, 0) is 36.8 Å². The van der Waals surface area contributed by atoms with Crippen molar-refractivity contribution < 1.29 is 8.78 Å². The second kappa shape index (κ2) is 4.82. The van der Waals surface area contributed by atoms with Gasteiger partial charge in [0.2, 0.25) is 0 Å². The van der Waals surface area contributed by atoms with Gasteiger partial charge in [-0.25, -0.2) is 8.78 Å². The monoisotopic (exact) mass is 268 g/mol. The molecule has 0 fully saturated rings. The van der Waals surface area contributed by atoms with Crippen LogP contribution in [-0.4, -0.2) is 0 Å². The highest BCUT2D eigenvalue weighted by Gasteiger charge is 2.08. The Balaban J connectivity index is 2.37.